The monoisotopic (exact) mass is 464 g/mol. The van der Waals surface area contributed by atoms with Gasteiger partial charge in [0.15, 0.2) is 0 Å². The largest absolute Gasteiger partial charge is 0.481 e. The third kappa shape index (κ3) is 3.84. The van der Waals surface area contributed by atoms with Gasteiger partial charge in [-0.05, 0) is 54.3 Å². The summed E-state index contributed by atoms with van der Waals surface area (Å²) in [6.45, 7) is 0.108. The molecule has 1 N–H and O–H groups in total. The molecular formula is C25H24N2O3S2. The Bertz CT molecular complexity index is 1120. The van der Waals surface area contributed by atoms with Crippen molar-refractivity contribution in [2.24, 2.45) is 0 Å². The van der Waals surface area contributed by atoms with Gasteiger partial charge in [0.25, 0.3) is 5.91 Å². The van der Waals surface area contributed by atoms with Crippen LogP contribution in [-0.2, 0) is 9.59 Å². The molecule has 3 aliphatic rings. The van der Waals surface area contributed by atoms with Crippen LogP contribution >= 0.6 is 24.0 Å². The molecule has 2 aromatic carbocycles. The number of benzene rings is 2. The van der Waals surface area contributed by atoms with Crippen molar-refractivity contribution < 1.29 is 14.7 Å². The van der Waals surface area contributed by atoms with Gasteiger partial charge < -0.3 is 10.0 Å². The predicted octanol–water partition coefficient (Wildman–Crippen LogP) is 5.54. The number of thiocarbonyl (C=S) groups is 1. The summed E-state index contributed by atoms with van der Waals surface area (Å²) >= 11 is 6.56. The van der Waals surface area contributed by atoms with Gasteiger partial charge in [-0.15, -0.1) is 0 Å². The molecule has 164 valence electrons. The maximum absolute atomic E-state index is 12.8. The van der Waals surface area contributed by atoms with Gasteiger partial charge in [0.1, 0.15) is 4.32 Å². The summed E-state index contributed by atoms with van der Waals surface area (Å²) < 4.78 is 0.422. The highest BCUT2D eigenvalue weighted by atomic mass is 32.2. The third-order valence-corrected chi connectivity index (χ3v) is 7.90. The number of hydrogen-bond acceptors (Lipinski definition) is 5. The first kappa shape index (κ1) is 21.2. The van der Waals surface area contributed by atoms with Crippen LogP contribution in [0.15, 0.2) is 53.4 Å². The zero-order chi connectivity index (χ0) is 22.2. The smallest absolute Gasteiger partial charge is 0.305 e. The maximum atomic E-state index is 12.8. The number of rotatable bonds is 5. The van der Waals surface area contributed by atoms with E-state index in [1.54, 1.807) is 0 Å². The molecule has 1 aliphatic carbocycles. The van der Waals surface area contributed by atoms with Crippen molar-refractivity contribution in [3.05, 3.63) is 64.6 Å². The fourth-order valence-electron chi connectivity index (χ4n) is 5.11. The molecule has 7 heteroatoms. The van der Waals surface area contributed by atoms with Gasteiger partial charge in [0.05, 0.1) is 11.3 Å². The summed E-state index contributed by atoms with van der Waals surface area (Å²) in [5, 5.41) is 8.93. The first-order valence-electron chi connectivity index (χ1n) is 11.0. The second-order valence-corrected chi connectivity index (χ2v) is 10.1. The molecule has 1 saturated carbocycles. The van der Waals surface area contributed by atoms with Gasteiger partial charge in [-0.2, -0.15) is 0 Å². The molecule has 2 aliphatic heterocycles. The maximum Gasteiger partial charge on any atom is 0.305 e. The lowest BCUT2D eigenvalue weighted by atomic mass is 9.82. The Labute approximate surface area is 197 Å². The zero-order valence-electron chi connectivity index (χ0n) is 17.6. The van der Waals surface area contributed by atoms with E-state index in [0.29, 0.717) is 21.2 Å². The molecule has 5 rings (SSSR count). The highest BCUT2D eigenvalue weighted by Gasteiger charge is 2.40. The van der Waals surface area contributed by atoms with Gasteiger partial charge >= 0.3 is 5.97 Å². The molecule has 0 bridgehead atoms. The first-order valence-corrected chi connectivity index (χ1v) is 12.2. The number of fused-ring (bicyclic) bond motifs is 3. The number of amides is 1. The van der Waals surface area contributed by atoms with E-state index in [-0.39, 0.29) is 18.9 Å². The van der Waals surface area contributed by atoms with E-state index >= 15 is 0 Å². The minimum absolute atomic E-state index is 0.108. The predicted molar refractivity (Wildman–Crippen MR) is 132 cm³/mol. The fourth-order valence-corrected chi connectivity index (χ4v) is 6.42. The van der Waals surface area contributed by atoms with E-state index in [4.69, 9.17) is 17.3 Å². The van der Waals surface area contributed by atoms with Crippen molar-refractivity contribution in [1.29, 1.82) is 0 Å². The molecule has 0 aromatic heterocycles. The van der Waals surface area contributed by atoms with Crippen molar-refractivity contribution in [2.75, 3.05) is 11.4 Å². The van der Waals surface area contributed by atoms with Crippen LogP contribution in [0.5, 0.6) is 0 Å². The molecule has 2 fully saturated rings. The Hall–Kier alpha value is -2.64. The number of carboxylic acid groups (broad SMARTS) is 1. The van der Waals surface area contributed by atoms with Crippen LogP contribution < -0.4 is 4.90 Å². The number of aliphatic carboxylic acids is 1. The van der Waals surface area contributed by atoms with Gasteiger partial charge in [-0.3, -0.25) is 14.5 Å². The normalized spacial score (nSPS) is 23.6. The van der Waals surface area contributed by atoms with Crippen molar-refractivity contribution in [3.63, 3.8) is 0 Å². The van der Waals surface area contributed by atoms with E-state index in [1.807, 2.05) is 6.08 Å². The summed E-state index contributed by atoms with van der Waals surface area (Å²) in [6.07, 6.45) is 6.65. The highest BCUT2D eigenvalue weighted by Crippen LogP contribution is 2.51. The Morgan fingerprint density at radius 3 is 2.72 bits per heavy atom. The molecule has 5 nitrogen and oxygen atoms in total. The molecule has 2 heterocycles. The van der Waals surface area contributed by atoms with Gasteiger partial charge in [-0.25, -0.2) is 0 Å². The molecule has 1 saturated heterocycles. The lowest BCUT2D eigenvalue weighted by Crippen LogP contribution is -2.32. The first-order chi connectivity index (χ1) is 15.5. The SMILES string of the molecule is O=C(O)CCN1C(=O)/C(=C/c2ccc3c(c2)C2CCCCC2N3c2ccccc2)SC1=S. The number of carboxylic acids is 1. The van der Waals surface area contributed by atoms with Crippen molar-refractivity contribution in [3.8, 4) is 0 Å². The van der Waals surface area contributed by atoms with Crippen LogP contribution in [0.4, 0.5) is 11.4 Å². The van der Waals surface area contributed by atoms with Crippen LogP contribution in [0.1, 0.15) is 49.1 Å². The van der Waals surface area contributed by atoms with E-state index < -0.39 is 5.97 Å². The lowest BCUT2D eigenvalue weighted by Gasteiger charge is -2.33. The average Bonchev–Trinajstić information content (AvgIpc) is 3.26. The summed E-state index contributed by atoms with van der Waals surface area (Å²) in [5.41, 5.74) is 4.84. The van der Waals surface area contributed by atoms with Gasteiger partial charge in [0.2, 0.25) is 0 Å². The minimum atomic E-state index is -0.938. The van der Waals surface area contributed by atoms with E-state index in [2.05, 4.69) is 53.4 Å². The molecule has 1 amide bonds. The van der Waals surface area contributed by atoms with Crippen LogP contribution in [0, 0.1) is 0 Å². The molecule has 2 unspecified atom stereocenters. The summed E-state index contributed by atoms with van der Waals surface area (Å²) in [6, 6.07) is 17.5. The standard InChI is InChI=1S/C25H24N2O3S2/c28-23(29)12-13-26-24(30)22(32-25(26)31)15-16-10-11-21-19(14-16)18-8-4-5-9-20(18)27(21)17-6-2-1-3-7-17/h1-3,6-7,10-11,14-15,18,20H,4-5,8-9,12-13H2,(H,28,29)/b22-15-. The summed E-state index contributed by atoms with van der Waals surface area (Å²) in [4.78, 5) is 28.1. The lowest BCUT2D eigenvalue weighted by molar-refractivity contribution is -0.137. The van der Waals surface area contributed by atoms with Gasteiger partial charge in [0, 0.05) is 29.9 Å². The molecule has 32 heavy (non-hydrogen) atoms. The van der Waals surface area contributed by atoms with Crippen molar-refractivity contribution in [2.45, 2.75) is 44.1 Å². The number of carbonyl (C=O) groups is 2. The number of para-hydroxylation sites is 1. The Kier molecular flexibility index (Phi) is 5.78. The van der Waals surface area contributed by atoms with Crippen LogP contribution in [0.2, 0.25) is 0 Å². The molecule has 2 atom stereocenters. The molecule has 0 radical (unpaired) electrons. The molecule has 0 spiro atoms. The Morgan fingerprint density at radius 1 is 1.16 bits per heavy atom. The number of carbonyl (C=O) groups excluding carboxylic acids is 1. The van der Waals surface area contributed by atoms with Crippen LogP contribution in [0.25, 0.3) is 6.08 Å². The molecule has 2 aromatic rings. The molecular weight excluding hydrogens is 440 g/mol. The van der Waals surface area contributed by atoms with Gasteiger partial charge in [-0.1, -0.05) is 61.1 Å². The average molecular weight is 465 g/mol. The quantitative estimate of drug-likeness (QED) is 0.463. The third-order valence-electron chi connectivity index (χ3n) is 6.53. The minimum Gasteiger partial charge on any atom is -0.481 e. The summed E-state index contributed by atoms with van der Waals surface area (Å²) in [7, 11) is 0. The zero-order valence-corrected chi connectivity index (χ0v) is 19.2. The van der Waals surface area contributed by atoms with E-state index in [9.17, 15) is 9.59 Å². The second-order valence-electron chi connectivity index (χ2n) is 8.46. The number of hydrogen-bond donors (Lipinski definition) is 1. The highest BCUT2D eigenvalue weighted by molar-refractivity contribution is 8.26. The van der Waals surface area contributed by atoms with E-state index in [0.717, 1.165) is 5.56 Å². The van der Waals surface area contributed by atoms with Crippen molar-refractivity contribution in [1.82, 2.24) is 4.90 Å². The van der Waals surface area contributed by atoms with Crippen LogP contribution in [0.3, 0.4) is 0 Å². The van der Waals surface area contributed by atoms with Crippen LogP contribution in [-0.4, -0.2) is 38.8 Å². The van der Waals surface area contributed by atoms with E-state index in [1.165, 1.54) is 59.3 Å². The fraction of sp³-hybridized carbons (Fsp3) is 0.320. The number of nitrogens with zero attached hydrogens (tertiary/aromatic N) is 2. The second kappa shape index (κ2) is 8.71. The number of thioether (sulfide) groups is 1. The van der Waals surface area contributed by atoms with Crippen molar-refractivity contribution >= 4 is 57.6 Å². The Balaban J connectivity index is 1.46. The summed E-state index contributed by atoms with van der Waals surface area (Å²) in [5.74, 6) is -0.646. The topological polar surface area (TPSA) is 60.9 Å². The number of anilines is 2. The Morgan fingerprint density at radius 2 is 1.94 bits per heavy atom.